The van der Waals surface area contributed by atoms with E-state index in [1.807, 2.05) is 25.1 Å². The zero-order valence-corrected chi connectivity index (χ0v) is 14.3. The van der Waals surface area contributed by atoms with E-state index < -0.39 is 12.1 Å². The zero-order valence-electron chi connectivity index (χ0n) is 14.3. The van der Waals surface area contributed by atoms with Crippen LogP contribution >= 0.6 is 0 Å². The van der Waals surface area contributed by atoms with Gasteiger partial charge in [0.05, 0.1) is 19.0 Å². The fourth-order valence-electron chi connectivity index (χ4n) is 3.08. The molecule has 0 radical (unpaired) electrons. The second kappa shape index (κ2) is 8.07. The molecular weight excluding hydrogens is 320 g/mol. The molecule has 6 heteroatoms. The third-order valence-electron chi connectivity index (χ3n) is 4.50. The fraction of sp³-hybridized carbons (Fsp3) is 0.421. The van der Waals surface area contributed by atoms with Crippen LogP contribution in [0.15, 0.2) is 41.0 Å². The van der Waals surface area contributed by atoms with Crippen molar-refractivity contribution in [3.63, 3.8) is 0 Å². The molecule has 1 heterocycles. The summed E-state index contributed by atoms with van der Waals surface area (Å²) in [5.41, 5.74) is 1.58. The lowest BCUT2D eigenvalue weighted by Crippen LogP contribution is -2.34. The van der Waals surface area contributed by atoms with Gasteiger partial charge in [0, 0.05) is 11.3 Å². The number of aliphatic hydroxyl groups excluding tert-OH is 1. The summed E-state index contributed by atoms with van der Waals surface area (Å²) in [6.07, 6.45) is 6.35. The summed E-state index contributed by atoms with van der Waals surface area (Å²) in [6.45, 7) is 1.68. The molecule has 3 N–H and O–H groups in total. The minimum Gasteiger partial charge on any atom is -0.490 e. The minimum absolute atomic E-state index is 0.245. The van der Waals surface area contributed by atoms with Crippen LogP contribution in [0.5, 0.6) is 5.75 Å². The molecule has 0 bridgehead atoms. The van der Waals surface area contributed by atoms with Crippen molar-refractivity contribution in [2.75, 3.05) is 11.9 Å². The van der Waals surface area contributed by atoms with Crippen molar-refractivity contribution in [3.05, 3.63) is 47.9 Å². The van der Waals surface area contributed by atoms with Crippen molar-refractivity contribution < 1.29 is 19.1 Å². The molecule has 1 aromatic heterocycles. The van der Waals surface area contributed by atoms with Gasteiger partial charge in [0.25, 0.3) is 0 Å². The molecular formula is C19H24N2O4. The maximum atomic E-state index is 12.3. The molecule has 1 atom stereocenters. The number of nitrogens with one attached hydrogen (secondary N) is 2. The van der Waals surface area contributed by atoms with Crippen LogP contribution in [0.3, 0.4) is 0 Å². The molecule has 0 saturated heterocycles. The summed E-state index contributed by atoms with van der Waals surface area (Å²) in [5, 5.41) is 15.0. The lowest BCUT2D eigenvalue weighted by Gasteiger charge is -2.19. The lowest BCUT2D eigenvalue weighted by molar-refractivity contribution is 0.208. The number of rotatable bonds is 6. The Morgan fingerprint density at radius 2 is 2.12 bits per heavy atom. The molecule has 1 saturated carbocycles. The van der Waals surface area contributed by atoms with Crippen LogP contribution in [0.25, 0.3) is 0 Å². The summed E-state index contributed by atoms with van der Waals surface area (Å²) in [7, 11) is 0. The highest BCUT2D eigenvalue weighted by molar-refractivity contribution is 5.90. The van der Waals surface area contributed by atoms with Gasteiger partial charge in [-0.1, -0.05) is 6.07 Å². The van der Waals surface area contributed by atoms with Crippen molar-refractivity contribution in [1.82, 2.24) is 5.32 Å². The van der Waals surface area contributed by atoms with Crippen LogP contribution in [-0.4, -0.2) is 23.8 Å². The highest BCUT2D eigenvalue weighted by Crippen LogP contribution is 2.30. The molecule has 1 unspecified atom stereocenters. The number of carbonyl (C=O) groups is 1. The summed E-state index contributed by atoms with van der Waals surface area (Å²) in [4.78, 5) is 12.3. The van der Waals surface area contributed by atoms with Gasteiger partial charge in [-0.15, -0.1) is 0 Å². The largest absolute Gasteiger partial charge is 0.490 e. The van der Waals surface area contributed by atoms with E-state index >= 15 is 0 Å². The molecule has 134 valence electrons. The van der Waals surface area contributed by atoms with Crippen molar-refractivity contribution in [1.29, 1.82) is 0 Å². The standard InChI is InChI=1S/C19H24N2O4/c1-13-15(8-4-9-17(13)25-14-6-2-3-7-14)20-19(23)21-16(12-22)18-10-5-11-24-18/h4-5,8-11,14,16,22H,2-3,6-7,12H2,1H3,(H2,20,21,23). The molecule has 1 aliphatic rings. The highest BCUT2D eigenvalue weighted by Gasteiger charge is 2.19. The van der Waals surface area contributed by atoms with Gasteiger partial charge >= 0.3 is 6.03 Å². The van der Waals surface area contributed by atoms with Gasteiger partial charge in [0.1, 0.15) is 17.6 Å². The SMILES string of the molecule is Cc1c(NC(=O)NC(CO)c2ccco2)cccc1OC1CCCC1. The van der Waals surface area contributed by atoms with Crippen LogP contribution in [0.2, 0.25) is 0 Å². The number of anilines is 1. The average molecular weight is 344 g/mol. The summed E-state index contributed by atoms with van der Waals surface area (Å²) in [6, 6.07) is 8.05. The number of carbonyl (C=O) groups excluding carboxylic acids is 1. The van der Waals surface area contributed by atoms with Gasteiger partial charge in [-0.25, -0.2) is 4.79 Å². The van der Waals surface area contributed by atoms with Gasteiger partial charge in [0.15, 0.2) is 0 Å². The van der Waals surface area contributed by atoms with Gasteiger partial charge in [-0.3, -0.25) is 0 Å². The highest BCUT2D eigenvalue weighted by atomic mass is 16.5. The number of benzene rings is 1. The number of hydrogen-bond acceptors (Lipinski definition) is 4. The van der Waals surface area contributed by atoms with Crippen molar-refractivity contribution in [3.8, 4) is 5.75 Å². The number of aliphatic hydroxyl groups is 1. The predicted octanol–water partition coefficient (Wildman–Crippen LogP) is 3.76. The Morgan fingerprint density at radius 1 is 1.32 bits per heavy atom. The average Bonchev–Trinajstić information content (AvgIpc) is 3.30. The van der Waals surface area contributed by atoms with E-state index in [0.29, 0.717) is 11.4 Å². The third-order valence-corrected chi connectivity index (χ3v) is 4.50. The summed E-state index contributed by atoms with van der Waals surface area (Å²) < 4.78 is 11.3. The first-order chi connectivity index (χ1) is 12.2. The van der Waals surface area contributed by atoms with E-state index in [1.165, 1.54) is 19.1 Å². The molecule has 3 rings (SSSR count). The Labute approximate surface area is 147 Å². The molecule has 6 nitrogen and oxygen atoms in total. The van der Waals surface area contributed by atoms with Gasteiger partial charge < -0.3 is 24.9 Å². The van der Waals surface area contributed by atoms with E-state index in [1.54, 1.807) is 12.1 Å². The second-order valence-electron chi connectivity index (χ2n) is 6.30. The minimum atomic E-state index is -0.590. The van der Waals surface area contributed by atoms with Crippen LogP contribution in [0.1, 0.15) is 43.0 Å². The molecule has 2 aromatic rings. The van der Waals surface area contributed by atoms with Crippen LogP contribution in [0.4, 0.5) is 10.5 Å². The smallest absolute Gasteiger partial charge is 0.319 e. The Kier molecular flexibility index (Phi) is 5.60. The summed E-state index contributed by atoms with van der Waals surface area (Å²) in [5.74, 6) is 1.31. The molecule has 2 amide bonds. The monoisotopic (exact) mass is 344 g/mol. The Balaban J connectivity index is 1.64. The quantitative estimate of drug-likeness (QED) is 0.745. The molecule has 25 heavy (non-hydrogen) atoms. The topological polar surface area (TPSA) is 83.7 Å². The molecule has 1 aliphatic carbocycles. The number of hydrogen-bond donors (Lipinski definition) is 3. The van der Waals surface area contributed by atoms with Crippen molar-refractivity contribution >= 4 is 11.7 Å². The van der Waals surface area contributed by atoms with E-state index in [9.17, 15) is 9.90 Å². The molecule has 1 aromatic carbocycles. The maximum absolute atomic E-state index is 12.3. The van der Waals surface area contributed by atoms with Gasteiger partial charge in [-0.2, -0.15) is 0 Å². The van der Waals surface area contributed by atoms with Crippen LogP contribution in [-0.2, 0) is 0 Å². The maximum Gasteiger partial charge on any atom is 0.319 e. The molecule has 1 fully saturated rings. The van der Waals surface area contributed by atoms with E-state index in [4.69, 9.17) is 9.15 Å². The van der Waals surface area contributed by atoms with Crippen LogP contribution in [0, 0.1) is 6.92 Å². The first kappa shape index (κ1) is 17.4. The van der Waals surface area contributed by atoms with E-state index in [-0.39, 0.29) is 12.7 Å². The number of urea groups is 1. The Bertz CT molecular complexity index is 693. The number of ether oxygens (including phenoxy) is 1. The normalized spacial score (nSPS) is 15.8. The van der Waals surface area contributed by atoms with E-state index in [0.717, 1.165) is 24.2 Å². The summed E-state index contributed by atoms with van der Waals surface area (Å²) >= 11 is 0. The van der Waals surface area contributed by atoms with E-state index in [2.05, 4.69) is 10.6 Å². The van der Waals surface area contributed by atoms with Gasteiger partial charge in [0.2, 0.25) is 0 Å². The zero-order chi connectivity index (χ0) is 17.6. The first-order valence-corrected chi connectivity index (χ1v) is 8.65. The Morgan fingerprint density at radius 3 is 2.80 bits per heavy atom. The third kappa shape index (κ3) is 4.33. The second-order valence-corrected chi connectivity index (χ2v) is 6.30. The number of furan rings is 1. The molecule has 0 aliphatic heterocycles. The van der Waals surface area contributed by atoms with Crippen molar-refractivity contribution in [2.45, 2.75) is 44.8 Å². The van der Waals surface area contributed by atoms with Crippen LogP contribution < -0.4 is 15.4 Å². The van der Waals surface area contributed by atoms with Crippen molar-refractivity contribution in [2.24, 2.45) is 0 Å². The fourth-order valence-corrected chi connectivity index (χ4v) is 3.08. The molecule has 0 spiro atoms. The number of amides is 2. The first-order valence-electron chi connectivity index (χ1n) is 8.65. The lowest BCUT2D eigenvalue weighted by atomic mass is 10.1. The Hall–Kier alpha value is -2.47. The predicted molar refractivity (Wildman–Crippen MR) is 94.8 cm³/mol. The van der Waals surface area contributed by atoms with Gasteiger partial charge in [-0.05, 0) is 56.9 Å².